The van der Waals surface area contributed by atoms with Crippen molar-refractivity contribution in [1.29, 1.82) is 0 Å². The molecule has 0 saturated carbocycles. The molecule has 0 rings (SSSR count). The van der Waals surface area contributed by atoms with Gasteiger partial charge in [-0.05, 0) is 63.9 Å². The maximum atomic E-state index is 12.4. The molecule has 0 radical (unpaired) electrons. The molecule has 0 aliphatic rings. The normalized spacial score (nSPS) is 12.4. The molecule has 4 nitrogen and oxygen atoms in total. The Balaban J connectivity index is 3.62. The summed E-state index contributed by atoms with van der Waals surface area (Å²) >= 11 is 0. The van der Waals surface area contributed by atoms with Crippen LogP contribution < -0.4 is 0 Å². The van der Waals surface area contributed by atoms with E-state index in [4.69, 9.17) is 9.84 Å². The van der Waals surface area contributed by atoms with Crippen LogP contribution in [0.1, 0.15) is 194 Å². The lowest BCUT2D eigenvalue weighted by Crippen LogP contribution is -2.16. The fourth-order valence-electron chi connectivity index (χ4n) is 5.21. The van der Waals surface area contributed by atoms with E-state index < -0.39 is 5.97 Å². The summed E-state index contributed by atoms with van der Waals surface area (Å²) in [6, 6.07) is 0. The number of esters is 1. The lowest BCUT2D eigenvalue weighted by Gasteiger charge is -2.14. The predicted octanol–water partition coefficient (Wildman–Crippen LogP) is 12.1. The molecule has 1 atom stereocenters. The average molecular weight is 577 g/mol. The molecule has 41 heavy (non-hydrogen) atoms. The number of carbonyl (C=O) groups is 2. The van der Waals surface area contributed by atoms with Crippen LogP contribution in [0.15, 0.2) is 24.3 Å². The van der Waals surface area contributed by atoms with E-state index in [1.54, 1.807) is 0 Å². The third-order valence-electron chi connectivity index (χ3n) is 7.86. The molecule has 0 spiro atoms. The zero-order chi connectivity index (χ0) is 30.1. The van der Waals surface area contributed by atoms with Crippen molar-refractivity contribution in [3.63, 3.8) is 0 Å². The number of aliphatic carboxylic acids is 1. The Morgan fingerprint density at radius 3 is 1.51 bits per heavy atom. The molecule has 0 aliphatic carbocycles. The Bertz CT molecular complexity index is 624. The molecule has 1 unspecified atom stereocenters. The summed E-state index contributed by atoms with van der Waals surface area (Å²) in [5.41, 5.74) is 0. The van der Waals surface area contributed by atoms with Gasteiger partial charge in [-0.25, -0.2) is 0 Å². The summed E-state index contributed by atoms with van der Waals surface area (Å²) in [5, 5.41) is 8.74. The number of unbranched alkanes of at least 4 members (excludes halogenated alkanes) is 21. The van der Waals surface area contributed by atoms with Crippen molar-refractivity contribution >= 4 is 11.9 Å². The molecule has 0 bridgehead atoms. The van der Waals surface area contributed by atoms with Gasteiger partial charge in [0, 0.05) is 12.8 Å². The van der Waals surface area contributed by atoms with Crippen molar-refractivity contribution in [2.24, 2.45) is 0 Å². The van der Waals surface area contributed by atoms with Crippen molar-refractivity contribution in [3.8, 4) is 0 Å². The van der Waals surface area contributed by atoms with Crippen molar-refractivity contribution < 1.29 is 19.4 Å². The minimum Gasteiger partial charge on any atom is -0.481 e. The van der Waals surface area contributed by atoms with Gasteiger partial charge in [-0.15, -0.1) is 0 Å². The van der Waals surface area contributed by atoms with Gasteiger partial charge in [0.1, 0.15) is 6.10 Å². The lowest BCUT2D eigenvalue weighted by molar-refractivity contribution is -0.147. The van der Waals surface area contributed by atoms with Crippen molar-refractivity contribution in [1.82, 2.24) is 0 Å². The van der Waals surface area contributed by atoms with Crippen molar-refractivity contribution in [3.05, 3.63) is 24.3 Å². The number of carboxylic acid groups (broad SMARTS) is 1. The van der Waals surface area contributed by atoms with E-state index in [-0.39, 0.29) is 18.5 Å². The second-order valence-corrected chi connectivity index (χ2v) is 12.0. The van der Waals surface area contributed by atoms with Gasteiger partial charge in [-0.3, -0.25) is 9.59 Å². The summed E-state index contributed by atoms with van der Waals surface area (Å²) in [5.74, 6) is -0.800. The zero-order valence-electron chi connectivity index (χ0n) is 27.4. The summed E-state index contributed by atoms with van der Waals surface area (Å²) in [6.45, 7) is 4.43. The third-order valence-corrected chi connectivity index (χ3v) is 7.86. The fraction of sp³-hybridized carbons (Fsp3) is 0.838. The van der Waals surface area contributed by atoms with Crippen LogP contribution in [0, 0.1) is 0 Å². The van der Waals surface area contributed by atoms with Gasteiger partial charge in [-0.1, -0.05) is 141 Å². The van der Waals surface area contributed by atoms with Crippen LogP contribution in [0.2, 0.25) is 0 Å². The molecule has 240 valence electrons. The van der Waals surface area contributed by atoms with Gasteiger partial charge < -0.3 is 9.84 Å². The molecule has 4 heteroatoms. The topological polar surface area (TPSA) is 63.6 Å². The van der Waals surface area contributed by atoms with E-state index in [0.717, 1.165) is 57.8 Å². The van der Waals surface area contributed by atoms with Crippen LogP contribution in [0.5, 0.6) is 0 Å². The highest BCUT2D eigenvalue weighted by atomic mass is 16.5. The first-order chi connectivity index (χ1) is 20.1. The van der Waals surface area contributed by atoms with E-state index >= 15 is 0 Å². The first-order valence-electron chi connectivity index (χ1n) is 17.8. The average Bonchev–Trinajstić information content (AvgIpc) is 2.95. The molecule has 0 aromatic rings. The van der Waals surface area contributed by atoms with Gasteiger partial charge in [0.15, 0.2) is 0 Å². The van der Waals surface area contributed by atoms with Crippen LogP contribution in [0.3, 0.4) is 0 Å². The Morgan fingerprint density at radius 2 is 1.00 bits per heavy atom. The number of carboxylic acids is 1. The minimum absolute atomic E-state index is 0.0751. The van der Waals surface area contributed by atoms with E-state index in [2.05, 4.69) is 32.1 Å². The SMILES string of the molecule is CCC/C=C\C(CCCCCCC(=O)O)OC(=O)CCCCCCCCCCC/C=C\CCCCCCCCCC. The Kier molecular flexibility index (Phi) is 31.7. The zero-order valence-corrected chi connectivity index (χ0v) is 27.4. The van der Waals surface area contributed by atoms with Crippen LogP contribution in [-0.2, 0) is 14.3 Å². The maximum Gasteiger partial charge on any atom is 0.306 e. The first kappa shape index (κ1) is 39.4. The lowest BCUT2D eigenvalue weighted by atomic mass is 10.0. The summed E-state index contributed by atoms with van der Waals surface area (Å²) in [6.07, 6.45) is 41.0. The number of allylic oxidation sites excluding steroid dienone is 3. The monoisotopic (exact) mass is 577 g/mol. The number of rotatable bonds is 32. The number of hydrogen-bond acceptors (Lipinski definition) is 3. The van der Waals surface area contributed by atoms with Gasteiger partial charge in [0.2, 0.25) is 0 Å². The minimum atomic E-state index is -0.725. The highest BCUT2D eigenvalue weighted by molar-refractivity contribution is 5.69. The van der Waals surface area contributed by atoms with E-state index in [9.17, 15) is 9.59 Å². The summed E-state index contributed by atoms with van der Waals surface area (Å²) < 4.78 is 5.76. The standard InChI is InChI=1S/C37H68O4/c1-3-5-7-8-9-10-11-12-13-14-15-16-17-18-19-20-21-22-23-24-30-34-37(40)41-35(31-27-6-4-2)32-28-25-26-29-33-36(38)39/h14-15,27,31,35H,3-13,16-26,28-30,32-34H2,1-2H3,(H,38,39)/b15-14-,31-27-. The number of ether oxygens (including phenoxy) is 1. The first-order valence-corrected chi connectivity index (χ1v) is 17.8. The second-order valence-electron chi connectivity index (χ2n) is 12.0. The quantitative estimate of drug-likeness (QED) is 0.0491. The Labute approximate surface area is 255 Å². The molecule has 0 aliphatic heterocycles. The molecule has 1 N–H and O–H groups in total. The molecule has 0 heterocycles. The van der Waals surface area contributed by atoms with Crippen LogP contribution >= 0.6 is 0 Å². The van der Waals surface area contributed by atoms with Crippen molar-refractivity contribution in [2.45, 2.75) is 200 Å². The molecule has 0 aromatic carbocycles. The van der Waals surface area contributed by atoms with Gasteiger partial charge in [0.05, 0.1) is 0 Å². The predicted molar refractivity (Wildman–Crippen MR) is 176 cm³/mol. The largest absolute Gasteiger partial charge is 0.481 e. The maximum absolute atomic E-state index is 12.4. The fourth-order valence-corrected chi connectivity index (χ4v) is 5.21. The summed E-state index contributed by atoms with van der Waals surface area (Å²) in [7, 11) is 0. The van der Waals surface area contributed by atoms with Crippen LogP contribution in [0.4, 0.5) is 0 Å². The molecule has 0 aromatic heterocycles. The van der Waals surface area contributed by atoms with Gasteiger partial charge >= 0.3 is 11.9 Å². The number of hydrogen-bond donors (Lipinski definition) is 1. The smallest absolute Gasteiger partial charge is 0.306 e. The molecule has 0 amide bonds. The van der Waals surface area contributed by atoms with E-state index in [0.29, 0.717) is 6.42 Å². The van der Waals surface area contributed by atoms with Crippen LogP contribution in [0.25, 0.3) is 0 Å². The highest BCUT2D eigenvalue weighted by Gasteiger charge is 2.11. The Hall–Kier alpha value is -1.58. The molecular weight excluding hydrogens is 508 g/mol. The second kappa shape index (κ2) is 32.9. The third kappa shape index (κ3) is 32.8. The summed E-state index contributed by atoms with van der Waals surface area (Å²) in [4.78, 5) is 23.0. The van der Waals surface area contributed by atoms with E-state index in [1.807, 2.05) is 6.08 Å². The molecule has 0 fully saturated rings. The van der Waals surface area contributed by atoms with Gasteiger partial charge in [0.25, 0.3) is 0 Å². The Morgan fingerprint density at radius 1 is 0.537 bits per heavy atom. The number of carbonyl (C=O) groups excluding carboxylic acids is 1. The highest BCUT2D eigenvalue weighted by Crippen LogP contribution is 2.15. The van der Waals surface area contributed by atoms with Crippen LogP contribution in [-0.4, -0.2) is 23.1 Å². The molecule has 0 saturated heterocycles. The van der Waals surface area contributed by atoms with Gasteiger partial charge in [-0.2, -0.15) is 0 Å². The van der Waals surface area contributed by atoms with E-state index in [1.165, 1.54) is 109 Å². The van der Waals surface area contributed by atoms with Crippen molar-refractivity contribution in [2.75, 3.05) is 0 Å². The molecular formula is C37H68O4.